The topological polar surface area (TPSA) is 87.4 Å². The van der Waals surface area contributed by atoms with Crippen LogP contribution in [0, 0.1) is 0 Å². The van der Waals surface area contributed by atoms with Gasteiger partial charge in [0, 0.05) is 24.6 Å². The largest absolute Gasteiger partial charge is 0.467 e. The summed E-state index contributed by atoms with van der Waals surface area (Å²) in [7, 11) is 0. The first kappa shape index (κ1) is 16.7. The summed E-state index contributed by atoms with van der Waals surface area (Å²) in [5.74, 6) is 0.156. The molecule has 128 valence electrons. The number of furan rings is 1. The van der Waals surface area contributed by atoms with Gasteiger partial charge in [-0.3, -0.25) is 9.78 Å². The molecule has 6 heteroatoms. The van der Waals surface area contributed by atoms with E-state index in [1.807, 2.05) is 24.3 Å². The van der Waals surface area contributed by atoms with Gasteiger partial charge in [-0.15, -0.1) is 0 Å². The fourth-order valence-electron chi connectivity index (χ4n) is 2.40. The van der Waals surface area contributed by atoms with Crippen LogP contribution in [-0.4, -0.2) is 22.5 Å². The molecule has 1 aromatic carbocycles. The molecule has 3 aromatic rings. The number of benzene rings is 1. The minimum atomic E-state index is -0.880. The number of aromatic nitrogens is 1. The molecule has 0 aliphatic carbocycles. The first-order valence-corrected chi connectivity index (χ1v) is 7.95. The van der Waals surface area contributed by atoms with E-state index in [2.05, 4.69) is 15.6 Å². The number of amides is 1. The number of aliphatic hydroxyl groups is 1. The van der Waals surface area contributed by atoms with Crippen LogP contribution in [0.1, 0.15) is 27.8 Å². The van der Waals surface area contributed by atoms with E-state index in [9.17, 15) is 9.90 Å². The summed E-state index contributed by atoms with van der Waals surface area (Å²) in [4.78, 5) is 16.5. The number of hydrogen-bond donors (Lipinski definition) is 3. The van der Waals surface area contributed by atoms with Crippen molar-refractivity contribution in [2.45, 2.75) is 12.6 Å². The number of carbonyl (C=O) groups excluding carboxylic acids is 1. The molecule has 0 aliphatic heterocycles. The first-order chi connectivity index (χ1) is 12.2. The van der Waals surface area contributed by atoms with Crippen LogP contribution in [-0.2, 0) is 6.54 Å². The molecule has 1 atom stereocenters. The summed E-state index contributed by atoms with van der Waals surface area (Å²) in [6.07, 6.45) is 4.09. The molecule has 0 radical (unpaired) electrons. The van der Waals surface area contributed by atoms with Gasteiger partial charge in [-0.1, -0.05) is 18.2 Å². The summed E-state index contributed by atoms with van der Waals surface area (Å²) in [5.41, 5.74) is 2.25. The second kappa shape index (κ2) is 8.12. The molecular formula is C19H19N3O3. The highest BCUT2D eigenvalue weighted by Gasteiger charge is 2.15. The normalized spacial score (nSPS) is 11.7. The maximum absolute atomic E-state index is 12.4. The van der Waals surface area contributed by atoms with Crippen molar-refractivity contribution in [3.63, 3.8) is 0 Å². The van der Waals surface area contributed by atoms with Gasteiger partial charge in [0.05, 0.1) is 18.4 Å². The van der Waals surface area contributed by atoms with E-state index in [0.717, 1.165) is 11.3 Å². The van der Waals surface area contributed by atoms with Gasteiger partial charge in [-0.25, -0.2) is 0 Å². The van der Waals surface area contributed by atoms with Crippen LogP contribution in [0.4, 0.5) is 5.69 Å². The van der Waals surface area contributed by atoms with Crippen LogP contribution in [0.2, 0.25) is 0 Å². The summed E-state index contributed by atoms with van der Waals surface area (Å²) in [6.45, 7) is 0.635. The third-order valence-electron chi connectivity index (χ3n) is 3.71. The summed E-state index contributed by atoms with van der Waals surface area (Å²) < 4.78 is 5.13. The van der Waals surface area contributed by atoms with E-state index < -0.39 is 6.10 Å². The van der Waals surface area contributed by atoms with Crippen molar-refractivity contribution in [1.29, 1.82) is 0 Å². The number of pyridine rings is 1. The van der Waals surface area contributed by atoms with Crippen LogP contribution >= 0.6 is 0 Å². The number of nitrogens with one attached hydrogen (secondary N) is 2. The lowest BCUT2D eigenvalue weighted by Crippen LogP contribution is -2.28. The van der Waals surface area contributed by atoms with E-state index in [0.29, 0.717) is 17.9 Å². The van der Waals surface area contributed by atoms with Crippen molar-refractivity contribution in [3.05, 3.63) is 84.1 Å². The molecule has 0 aliphatic rings. The minimum absolute atomic E-state index is 0.0727. The highest BCUT2D eigenvalue weighted by Crippen LogP contribution is 2.17. The fourth-order valence-corrected chi connectivity index (χ4v) is 2.40. The number of rotatable bonds is 7. The molecule has 2 heterocycles. The molecule has 0 saturated heterocycles. The van der Waals surface area contributed by atoms with Gasteiger partial charge in [0.2, 0.25) is 0 Å². The Morgan fingerprint density at radius 1 is 1.16 bits per heavy atom. The van der Waals surface area contributed by atoms with Gasteiger partial charge in [0.25, 0.3) is 5.91 Å². The van der Waals surface area contributed by atoms with Crippen molar-refractivity contribution in [2.75, 3.05) is 11.9 Å². The first-order valence-electron chi connectivity index (χ1n) is 7.95. The van der Waals surface area contributed by atoms with Crippen LogP contribution < -0.4 is 10.6 Å². The van der Waals surface area contributed by atoms with E-state index in [1.165, 1.54) is 6.26 Å². The lowest BCUT2D eigenvalue weighted by Gasteiger charge is -2.13. The molecule has 2 aromatic heterocycles. The molecule has 1 unspecified atom stereocenters. The molecule has 3 rings (SSSR count). The van der Waals surface area contributed by atoms with Gasteiger partial charge in [-0.05, 0) is 35.9 Å². The van der Waals surface area contributed by atoms with Crippen molar-refractivity contribution in [3.8, 4) is 0 Å². The predicted molar refractivity (Wildman–Crippen MR) is 94.0 cm³/mol. The summed E-state index contributed by atoms with van der Waals surface area (Å²) in [6, 6.07) is 14.4. The lowest BCUT2D eigenvalue weighted by molar-refractivity contribution is 0.0902. The predicted octanol–water partition coefficient (Wildman–Crippen LogP) is 2.75. The average molecular weight is 337 g/mol. The number of aliphatic hydroxyl groups excluding tert-OH is 1. The van der Waals surface area contributed by atoms with Gasteiger partial charge >= 0.3 is 0 Å². The number of nitrogens with zero attached hydrogens (tertiary/aromatic N) is 1. The monoisotopic (exact) mass is 337 g/mol. The molecule has 0 fully saturated rings. The quantitative estimate of drug-likeness (QED) is 0.617. The number of para-hydroxylation sites is 1. The third kappa shape index (κ3) is 4.45. The Balaban J connectivity index is 1.62. The van der Waals surface area contributed by atoms with E-state index in [-0.39, 0.29) is 12.5 Å². The van der Waals surface area contributed by atoms with Crippen LogP contribution in [0.3, 0.4) is 0 Å². The third-order valence-corrected chi connectivity index (χ3v) is 3.71. The lowest BCUT2D eigenvalue weighted by atomic mass is 10.1. The maximum Gasteiger partial charge on any atom is 0.253 e. The molecule has 0 spiro atoms. The van der Waals surface area contributed by atoms with Crippen molar-refractivity contribution in [2.24, 2.45) is 0 Å². The molecular weight excluding hydrogens is 318 g/mol. The number of anilines is 1. The Hall–Kier alpha value is -3.12. The second-order valence-electron chi connectivity index (χ2n) is 5.50. The van der Waals surface area contributed by atoms with E-state index in [4.69, 9.17) is 4.42 Å². The van der Waals surface area contributed by atoms with Gasteiger partial charge in [-0.2, -0.15) is 0 Å². The van der Waals surface area contributed by atoms with Crippen molar-refractivity contribution >= 4 is 11.6 Å². The Morgan fingerprint density at radius 2 is 2.04 bits per heavy atom. The zero-order chi connectivity index (χ0) is 17.5. The Bertz CT molecular complexity index is 804. The SMILES string of the molecule is O=C(NCC(O)c1ccco1)c1ccccc1NCc1cccnc1. The van der Waals surface area contributed by atoms with Crippen LogP contribution in [0.5, 0.6) is 0 Å². The van der Waals surface area contributed by atoms with Crippen LogP contribution in [0.15, 0.2) is 71.6 Å². The fraction of sp³-hybridized carbons (Fsp3) is 0.158. The van der Waals surface area contributed by atoms with Gasteiger partial charge in [0.15, 0.2) is 0 Å². The standard InChI is InChI=1S/C19H19N3O3/c23-17(18-8-4-10-25-18)13-22-19(24)15-6-1-2-7-16(15)21-12-14-5-3-9-20-11-14/h1-11,17,21,23H,12-13H2,(H,22,24). The number of carbonyl (C=O) groups is 1. The van der Waals surface area contributed by atoms with E-state index in [1.54, 1.807) is 36.7 Å². The Kier molecular flexibility index (Phi) is 5.43. The second-order valence-corrected chi connectivity index (χ2v) is 5.50. The maximum atomic E-state index is 12.4. The zero-order valence-corrected chi connectivity index (χ0v) is 13.6. The number of hydrogen-bond acceptors (Lipinski definition) is 5. The Labute approximate surface area is 145 Å². The highest BCUT2D eigenvalue weighted by molar-refractivity contribution is 5.99. The highest BCUT2D eigenvalue weighted by atomic mass is 16.4. The minimum Gasteiger partial charge on any atom is -0.467 e. The van der Waals surface area contributed by atoms with Crippen LogP contribution in [0.25, 0.3) is 0 Å². The molecule has 25 heavy (non-hydrogen) atoms. The molecule has 0 bridgehead atoms. The Morgan fingerprint density at radius 3 is 2.80 bits per heavy atom. The van der Waals surface area contributed by atoms with Gasteiger partial charge < -0.3 is 20.2 Å². The molecule has 1 amide bonds. The smallest absolute Gasteiger partial charge is 0.253 e. The zero-order valence-electron chi connectivity index (χ0n) is 13.6. The van der Waals surface area contributed by atoms with Crippen molar-refractivity contribution in [1.82, 2.24) is 10.3 Å². The average Bonchev–Trinajstić information content (AvgIpc) is 3.20. The van der Waals surface area contributed by atoms with Gasteiger partial charge in [0.1, 0.15) is 11.9 Å². The van der Waals surface area contributed by atoms with E-state index >= 15 is 0 Å². The molecule has 3 N–H and O–H groups in total. The summed E-state index contributed by atoms with van der Waals surface area (Å²) in [5, 5.41) is 16.0. The van der Waals surface area contributed by atoms with Crippen molar-refractivity contribution < 1.29 is 14.3 Å². The molecule has 0 saturated carbocycles. The summed E-state index contributed by atoms with van der Waals surface area (Å²) >= 11 is 0. The molecule has 6 nitrogen and oxygen atoms in total.